The third kappa shape index (κ3) is 3.58. The van der Waals surface area contributed by atoms with Gasteiger partial charge in [0.15, 0.2) is 0 Å². The molecule has 6 nitrogen and oxygen atoms in total. The monoisotopic (exact) mass is 423 g/mol. The summed E-state index contributed by atoms with van der Waals surface area (Å²) in [7, 11) is 6.22. The first-order valence-corrected chi connectivity index (χ1v) is 10.0. The summed E-state index contributed by atoms with van der Waals surface area (Å²) in [6.07, 6.45) is 0.508. The van der Waals surface area contributed by atoms with Crippen LogP contribution < -0.4 is 10.6 Å². The van der Waals surface area contributed by atoms with Crippen molar-refractivity contribution in [1.29, 1.82) is 0 Å². The van der Waals surface area contributed by atoms with E-state index < -0.39 is 29.0 Å². The van der Waals surface area contributed by atoms with E-state index in [0.29, 0.717) is 28.8 Å². The highest BCUT2D eigenvalue weighted by atomic mass is 19.1. The zero-order valence-electron chi connectivity index (χ0n) is 16.9. The minimum absolute atomic E-state index is 0.00508. The third-order valence-electron chi connectivity index (χ3n) is 5.88. The lowest BCUT2D eigenvalue weighted by molar-refractivity contribution is -0.138. The number of aryl methyl sites for hydroxylation is 1. The van der Waals surface area contributed by atoms with E-state index in [2.05, 4.69) is 10.6 Å². The van der Waals surface area contributed by atoms with E-state index >= 15 is 0 Å². The number of halogens is 2. The van der Waals surface area contributed by atoms with Crippen molar-refractivity contribution in [2.24, 2.45) is 0 Å². The molecule has 2 aromatic rings. The second kappa shape index (κ2) is 7.79. The van der Waals surface area contributed by atoms with Crippen LogP contribution >= 0.6 is 0 Å². The number of nitrogens with one attached hydrogen (secondary N) is 2. The quantitative estimate of drug-likeness (QED) is 0.572. The average molecular weight is 423 g/mol. The summed E-state index contributed by atoms with van der Waals surface area (Å²) in [6, 6.07) is 7.41. The molecule has 2 heterocycles. The summed E-state index contributed by atoms with van der Waals surface area (Å²) in [5.41, 5.74) is 0.155. The van der Waals surface area contributed by atoms with Gasteiger partial charge in [-0.2, -0.15) is 0 Å². The molecule has 31 heavy (non-hydrogen) atoms. The van der Waals surface area contributed by atoms with Gasteiger partial charge in [-0.15, -0.1) is 0 Å². The number of hydrogen-bond donors (Lipinski definition) is 2. The van der Waals surface area contributed by atoms with E-state index in [-0.39, 0.29) is 37.3 Å². The van der Waals surface area contributed by atoms with E-state index in [4.69, 9.17) is 7.85 Å². The predicted molar refractivity (Wildman–Crippen MR) is 110 cm³/mol. The van der Waals surface area contributed by atoms with Crippen LogP contribution in [0.15, 0.2) is 30.3 Å². The molecular formula is C22H20BF2N3O3. The van der Waals surface area contributed by atoms with Crippen molar-refractivity contribution in [2.75, 3.05) is 5.32 Å². The Hall–Kier alpha value is -3.23. The van der Waals surface area contributed by atoms with Crippen LogP contribution in [0.2, 0.25) is 0 Å². The number of hydrogen-bond acceptors (Lipinski definition) is 4. The summed E-state index contributed by atoms with van der Waals surface area (Å²) in [5, 5.41) is 5.17. The Morgan fingerprint density at radius 2 is 1.94 bits per heavy atom. The standard InChI is InChI=1S/C22H20BF2N3O3/c1-2-12-4-3-5-13(19(12)25)10-26-17-9-14(24)8-15-16(17)11-28(20(15)30)22(23)7-6-18(29)27-21(22)31/h3-5,8-9,26H,2,6-7,10-11H2,1H3,(H,27,29,31). The number of amides is 3. The van der Waals surface area contributed by atoms with Gasteiger partial charge in [0, 0.05) is 41.9 Å². The number of rotatable bonds is 5. The average Bonchev–Trinajstić information content (AvgIpc) is 3.07. The Morgan fingerprint density at radius 1 is 1.19 bits per heavy atom. The zero-order valence-corrected chi connectivity index (χ0v) is 16.9. The molecule has 9 heteroatoms. The minimum Gasteiger partial charge on any atom is -0.380 e. The highest BCUT2D eigenvalue weighted by molar-refractivity contribution is 6.32. The predicted octanol–water partition coefficient (Wildman–Crippen LogP) is 2.40. The summed E-state index contributed by atoms with van der Waals surface area (Å²) in [6.45, 7) is 1.91. The van der Waals surface area contributed by atoms with Crippen molar-refractivity contribution < 1.29 is 23.2 Å². The number of anilines is 1. The summed E-state index contributed by atoms with van der Waals surface area (Å²) in [5.74, 6) is -2.79. The van der Waals surface area contributed by atoms with Crippen LogP contribution in [-0.4, -0.2) is 35.9 Å². The molecule has 0 aromatic heterocycles. The smallest absolute Gasteiger partial charge is 0.254 e. The molecule has 1 unspecified atom stereocenters. The minimum atomic E-state index is -1.71. The van der Waals surface area contributed by atoms with Crippen molar-refractivity contribution in [3.05, 3.63) is 64.2 Å². The summed E-state index contributed by atoms with van der Waals surface area (Å²) >= 11 is 0. The molecule has 1 fully saturated rings. The fraction of sp³-hybridized carbons (Fsp3) is 0.318. The number of nitrogens with zero attached hydrogens (tertiary/aromatic N) is 1. The Balaban J connectivity index is 1.62. The first-order chi connectivity index (χ1) is 14.7. The van der Waals surface area contributed by atoms with Crippen molar-refractivity contribution in [1.82, 2.24) is 10.2 Å². The Kier molecular flexibility index (Phi) is 5.29. The van der Waals surface area contributed by atoms with E-state index in [1.165, 1.54) is 6.07 Å². The second-order valence-electron chi connectivity index (χ2n) is 7.77. The largest absolute Gasteiger partial charge is 0.380 e. The zero-order chi connectivity index (χ0) is 22.3. The lowest BCUT2D eigenvalue weighted by atomic mass is 9.70. The van der Waals surface area contributed by atoms with Gasteiger partial charge in [0.25, 0.3) is 5.91 Å². The number of carbonyl (C=O) groups is 3. The molecule has 158 valence electrons. The van der Waals surface area contributed by atoms with Crippen molar-refractivity contribution in [2.45, 2.75) is 44.7 Å². The fourth-order valence-corrected chi connectivity index (χ4v) is 4.06. The van der Waals surface area contributed by atoms with E-state index in [0.717, 1.165) is 11.0 Å². The maximum absolute atomic E-state index is 14.6. The second-order valence-corrected chi connectivity index (χ2v) is 7.77. The van der Waals surface area contributed by atoms with E-state index in [1.54, 1.807) is 18.2 Å². The Bertz CT molecular complexity index is 1110. The van der Waals surface area contributed by atoms with Crippen molar-refractivity contribution in [3.63, 3.8) is 0 Å². The molecule has 0 spiro atoms. The number of piperidine rings is 1. The molecule has 3 amide bonds. The molecule has 2 N–H and O–H groups in total. The third-order valence-corrected chi connectivity index (χ3v) is 5.88. The SMILES string of the molecule is [B]C1(N2Cc3c(NCc4cccc(CC)c4F)cc(F)cc3C2=O)CCC(=O)NC1=O. The van der Waals surface area contributed by atoms with Gasteiger partial charge in [-0.25, -0.2) is 8.78 Å². The van der Waals surface area contributed by atoms with Crippen LogP contribution in [0.5, 0.6) is 0 Å². The summed E-state index contributed by atoms with van der Waals surface area (Å²) < 4.78 is 28.8. The molecule has 4 rings (SSSR count). The van der Waals surface area contributed by atoms with Crippen LogP contribution in [0, 0.1) is 11.6 Å². The lowest BCUT2D eigenvalue weighted by Gasteiger charge is -2.40. The molecule has 0 saturated carbocycles. The van der Waals surface area contributed by atoms with Gasteiger partial charge in [0.2, 0.25) is 11.8 Å². The van der Waals surface area contributed by atoms with Gasteiger partial charge in [-0.3, -0.25) is 19.7 Å². The fourth-order valence-electron chi connectivity index (χ4n) is 4.06. The lowest BCUT2D eigenvalue weighted by Crippen LogP contribution is -2.63. The summed E-state index contributed by atoms with van der Waals surface area (Å²) in [4.78, 5) is 38.0. The van der Waals surface area contributed by atoms with Gasteiger partial charge >= 0.3 is 0 Å². The molecule has 2 radical (unpaired) electrons. The van der Waals surface area contributed by atoms with Crippen LogP contribution in [0.25, 0.3) is 0 Å². The Morgan fingerprint density at radius 3 is 2.65 bits per heavy atom. The van der Waals surface area contributed by atoms with E-state index in [9.17, 15) is 23.2 Å². The van der Waals surface area contributed by atoms with Crippen LogP contribution in [-0.2, 0) is 29.1 Å². The molecule has 0 bridgehead atoms. The van der Waals surface area contributed by atoms with Gasteiger partial charge in [0.05, 0.1) is 5.44 Å². The number of imide groups is 1. The van der Waals surface area contributed by atoms with Crippen molar-refractivity contribution in [3.8, 4) is 0 Å². The first-order valence-electron chi connectivity index (χ1n) is 10.0. The number of carbonyl (C=O) groups excluding carboxylic acids is 3. The van der Waals surface area contributed by atoms with Crippen LogP contribution in [0.3, 0.4) is 0 Å². The molecule has 1 atom stereocenters. The Labute approximate surface area is 179 Å². The van der Waals surface area contributed by atoms with E-state index in [1.807, 2.05) is 6.92 Å². The molecular weight excluding hydrogens is 403 g/mol. The molecule has 2 aliphatic heterocycles. The van der Waals surface area contributed by atoms with Gasteiger partial charge < -0.3 is 10.2 Å². The van der Waals surface area contributed by atoms with Gasteiger partial charge in [-0.1, -0.05) is 25.1 Å². The van der Waals surface area contributed by atoms with Crippen molar-refractivity contribution >= 4 is 31.3 Å². The highest BCUT2D eigenvalue weighted by Crippen LogP contribution is 2.36. The van der Waals surface area contributed by atoms with Gasteiger partial charge in [-0.05, 0) is 30.5 Å². The number of fused-ring (bicyclic) bond motifs is 1. The van der Waals surface area contributed by atoms with Crippen LogP contribution in [0.4, 0.5) is 14.5 Å². The molecule has 0 aliphatic carbocycles. The molecule has 2 aliphatic rings. The molecule has 2 aromatic carbocycles. The maximum atomic E-state index is 14.6. The first kappa shape index (κ1) is 21.0. The topological polar surface area (TPSA) is 78.5 Å². The molecule has 1 saturated heterocycles. The van der Waals surface area contributed by atoms with Crippen LogP contribution in [0.1, 0.15) is 46.8 Å². The maximum Gasteiger partial charge on any atom is 0.254 e. The highest BCUT2D eigenvalue weighted by Gasteiger charge is 2.48. The number of benzene rings is 2. The normalized spacial score (nSPS) is 20.6. The van der Waals surface area contributed by atoms with Gasteiger partial charge in [0.1, 0.15) is 19.5 Å².